The SMILES string of the molecule is COc1ccc(OC)c(C2c3c(oc4ccc(Cl)cc4c3=O)C(=O)N2CCCN2CCOCC2)c1. The summed E-state index contributed by atoms with van der Waals surface area (Å²) >= 11 is 6.17. The lowest BCUT2D eigenvalue weighted by Gasteiger charge is -2.29. The van der Waals surface area contributed by atoms with Gasteiger partial charge in [-0.3, -0.25) is 14.5 Å². The van der Waals surface area contributed by atoms with Gasteiger partial charge >= 0.3 is 0 Å². The number of ether oxygens (including phenoxy) is 3. The highest BCUT2D eigenvalue weighted by Gasteiger charge is 2.43. The highest BCUT2D eigenvalue weighted by atomic mass is 35.5. The molecule has 9 heteroatoms. The molecule has 0 bridgehead atoms. The summed E-state index contributed by atoms with van der Waals surface area (Å²) in [6.07, 6.45) is 0.738. The minimum Gasteiger partial charge on any atom is -0.497 e. The van der Waals surface area contributed by atoms with E-state index in [1.165, 1.54) is 0 Å². The van der Waals surface area contributed by atoms with E-state index in [4.69, 9.17) is 30.2 Å². The molecule has 184 valence electrons. The zero-order valence-corrected chi connectivity index (χ0v) is 20.5. The summed E-state index contributed by atoms with van der Waals surface area (Å²) < 4.78 is 22.5. The molecule has 0 radical (unpaired) electrons. The van der Waals surface area contributed by atoms with Crippen LogP contribution >= 0.6 is 11.6 Å². The second-order valence-electron chi connectivity index (χ2n) is 8.63. The van der Waals surface area contributed by atoms with Crippen LogP contribution < -0.4 is 14.9 Å². The van der Waals surface area contributed by atoms with E-state index >= 15 is 0 Å². The van der Waals surface area contributed by atoms with Gasteiger partial charge in [-0.2, -0.15) is 0 Å². The topological polar surface area (TPSA) is 81.5 Å². The minimum atomic E-state index is -0.674. The summed E-state index contributed by atoms with van der Waals surface area (Å²) in [6.45, 7) is 4.43. The molecule has 2 aliphatic heterocycles. The summed E-state index contributed by atoms with van der Waals surface area (Å²) in [6, 6.07) is 9.53. The summed E-state index contributed by atoms with van der Waals surface area (Å²) in [5.41, 5.74) is 1.02. The Kier molecular flexibility index (Phi) is 6.69. The second kappa shape index (κ2) is 9.89. The maximum absolute atomic E-state index is 13.7. The fourth-order valence-corrected chi connectivity index (χ4v) is 5.06. The van der Waals surface area contributed by atoms with Crippen LogP contribution in [-0.2, 0) is 4.74 Å². The predicted octanol–water partition coefficient (Wildman–Crippen LogP) is 3.73. The molecule has 0 saturated carbocycles. The number of hydrogen-bond acceptors (Lipinski definition) is 7. The zero-order chi connectivity index (χ0) is 24.5. The van der Waals surface area contributed by atoms with E-state index in [2.05, 4.69) is 4.90 Å². The molecule has 0 N–H and O–H groups in total. The van der Waals surface area contributed by atoms with E-state index in [-0.39, 0.29) is 17.1 Å². The third-order valence-corrected chi connectivity index (χ3v) is 6.87. The van der Waals surface area contributed by atoms with E-state index in [0.29, 0.717) is 58.4 Å². The molecule has 2 aromatic carbocycles. The van der Waals surface area contributed by atoms with Crippen LogP contribution in [0.25, 0.3) is 11.0 Å². The van der Waals surface area contributed by atoms with Gasteiger partial charge in [0.25, 0.3) is 5.91 Å². The van der Waals surface area contributed by atoms with Gasteiger partial charge in [-0.05, 0) is 42.8 Å². The van der Waals surface area contributed by atoms with Crippen molar-refractivity contribution in [2.24, 2.45) is 0 Å². The molecule has 1 atom stereocenters. The van der Waals surface area contributed by atoms with Gasteiger partial charge in [0, 0.05) is 36.8 Å². The molecule has 1 aromatic heterocycles. The van der Waals surface area contributed by atoms with Gasteiger partial charge in [0.2, 0.25) is 5.76 Å². The van der Waals surface area contributed by atoms with Crippen molar-refractivity contribution in [3.8, 4) is 11.5 Å². The number of amides is 1. The van der Waals surface area contributed by atoms with Crippen molar-refractivity contribution in [2.45, 2.75) is 12.5 Å². The number of halogens is 1. The van der Waals surface area contributed by atoms with E-state index in [0.717, 1.165) is 26.1 Å². The first-order valence-electron chi connectivity index (χ1n) is 11.6. The number of carbonyl (C=O) groups is 1. The summed E-state index contributed by atoms with van der Waals surface area (Å²) in [5.74, 6) is 0.903. The van der Waals surface area contributed by atoms with Crippen LogP contribution in [0.1, 0.15) is 34.1 Å². The van der Waals surface area contributed by atoms with Crippen molar-refractivity contribution in [1.29, 1.82) is 0 Å². The molecule has 0 spiro atoms. The Bertz CT molecular complexity index is 1320. The second-order valence-corrected chi connectivity index (χ2v) is 9.07. The first kappa shape index (κ1) is 23.7. The van der Waals surface area contributed by atoms with Gasteiger partial charge in [-0.25, -0.2) is 0 Å². The number of morpholine rings is 1. The maximum Gasteiger partial charge on any atom is 0.290 e. The van der Waals surface area contributed by atoms with Crippen LogP contribution in [0.4, 0.5) is 0 Å². The number of methoxy groups -OCH3 is 2. The molecule has 2 aliphatic rings. The number of hydrogen-bond donors (Lipinski definition) is 0. The van der Waals surface area contributed by atoms with E-state index in [9.17, 15) is 9.59 Å². The molecule has 1 fully saturated rings. The van der Waals surface area contributed by atoms with Crippen molar-refractivity contribution in [3.63, 3.8) is 0 Å². The van der Waals surface area contributed by atoms with Crippen molar-refractivity contribution in [3.05, 3.63) is 68.5 Å². The monoisotopic (exact) mass is 498 g/mol. The van der Waals surface area contributed by atoms with Crippen molar-refractivity contribution in [2.75, 3.05) is 53.6 Å². The van der Waals surface area contributed by atoms with Gasteiger partial charge in [-0.1, -0.05) is 11.6 Å². The molecule has 3 aromatic rings. The first-order valence-corrected chi connectivity index (χ1v) is 12.0. The Morgan fingerprint density at radius 1 is 1.03 bits per heavy atom. The third-order valence-electron chi connectivity index (χ3n) is 6.64. The van der Waals surface area contributed by atoms with Gasteiger partial charge in [-0.15, -0.1) is 0 Å². The Hall–Kier alpha value is -3.07. The highest BCUT2D eigenvalue weighted by molar-refractivity contribution is 6.31. The molecule has 1 unspecified atom stereocenters. The van der Waals surface area contributed by atoms with Crippen LogP contribution in [0.3, 0.4) is 0 Å². The zero-order valence-electron chi connectivity index (χ0n) is 19.7. The average Bonchev–Trinajstić information content (AvgIpc) is 3.16. The number of nitrogens with zero attached hydrogens (tertiary/aromatic N) is 2. The summed E-state index contributed by atoms with van der Waals surface area (Å²) in [7, 11) is 3.14. The molecule has 35 heavy (non-hydrogen) atoms. The smallest absolute Gasteiger partial charge is 0.290 e. The van der Waals surface area contributed by atoms with Crippen LogP contribution in [0.2, 0.25) is 5.02 Å². The van der Waals surface area contributed by atoms with Crippen LogP contribution in [-0.4, -0.2) is 69.3 Å². The molecule has 1 amide bonds. The molecule has 5 rings (SSSR count). The quantitative estimate of drug-likeness (QED) is 0.491. The lowest BCUT2D eigenvalue weighted by Crippen LogP contribution is -2.39. The molecule has 3 heterocycles. The molecule has 1 saturated heterocycles. The lowest BCUT2D eigenvalue weighted by atomic mass is 9.97. The Balaban J connectivity index is 1.60. The Morgan fingerprint density at radius 2 is 1.83 bits per heavy atom. The number of carbonyl (C=O) groups excluding carboxylic acids is 1. The van der Waals surface area contributed by atoms with E-state index in [1.807, 2.05) is 6.07 Å². The fourth-order valence-electron chi connectivity index (χ4n) is 4.89. The maximum atomic E-state index is 13.7. The molecule has 0 aliphatic carbocycles. The Labute approximate surface area is 207 Å². The van der Waals surface area contributed by atoms with Crippen molar-refractivity contribution < 1.29 is 23.4 Å². The van der Waals surface area contributed by atoms with E-state index < -0.39 is 6.04 Å². The minimum absolute atomic E-state index is 0.0612. The van der Waals surface area contributed by atoms with E-state index in [1.54, 1.807) is 49.5 Å². The third kappa shape index (κ3) is 4.37. The number of fused-ring (bicyclic) bond motifs is 2. The van der Waals surface area contributed by atoms with Crippen LogP contribution in [0.15, 0.2) is 45.6 Å². The Morgan fingerprint density at radius 3 is 2.57 bits per heavy atom. The van der Waals surface area contributed by atoms with Gasteiger partial charge in [0.1, 0.15) is 17.1 Å². The lowest BCUT2D eigenvalue weighted by molar-refractivity contribution is 0.0353. The summed E-state index contributed by atoms with van der Waals surface area (Å²) in [5, 5.41) is 0.762. The van der Waals surface area contributed by atoms with Crippen molar-refractivity contribution in [1.82, 2.24) is 9.80 Å². The number of benzene rings is 2. The first-order chi connectivity index (χ1) is 17.0. The average molecular weight is 499 g/mol. The predicted molar refractivity (Wildman–Crippen MR) is 132 cm³/mol. The van der Waals surface area contributed by atoms with Crippen LogP contribution in [0, 0.1) is 0 Å². The normalized spacial score (nSPS) is 18.2. The fraction of sp³-hybridized carbons (Fsp3) is 0.385. The van der Waals surface area contributed by atoms with Gasteiger partial charge in [0.15, 0.2) is 5.43 Å². The van der Waals surface area contributed by atoms with Gasteiger partial charge in [0.05, 0.1) is 44.4 Å². The summed E-state index contributed by atoms with van der Waals surface area (Å²) in [4.78, 5) is 31.4. The number of rotatable bonds is 7. The largest absolute Gasteiger partial charge is 0.497 e. The molecule has 8 nitrogen and oxygen atoms in total. The highest BCUT2D eigenvalue weighted by Crippen LogP contribution is 2.43. The van der Waals surface area contributed by atoms with Crippen LogP contribution in [0.5, 0.6) is 11.5 Å². The molecular formula is C26H27ClN2O6. The standard InChI is InChI=1S/C26H27ClN2O6/c1-32-17-5-7-20(33-2)18(15-17)23-22-24(30)19-14-16(27)4-6-21(19)35-25(22)26(31)29(23)9-3-8-28-10-12-34-13-11-28/h4-7,14-15,23H,3,8-13H2,1-2H3. The van der Waals surface area contributed by atoms with Crippen molar-refractivity contribution >= 4 is 28.5 Å². The molecular weight excluding hydrogens is 472 g/mol. The van der Waals surface area contributed by atoms with Gasteiger partial charge < -0.3 is 23.5 Å².